The van der Waals surface area contributed by atoms with Gasteiger partial charge in [-0.05, 0) is 71.6 Å². The highest BCUT2D eigenvalue weighted by Gasteiger charge is 2.16. The zero-order valence-electron chi connectivity index (χ0n) is 14.2. The molecule has 0 aromatic heterocycles. The molecule has 0 bridgehead atoms. The molecule has 4 nitrogen and oxygen atoms in total. The molecule has 0 saturated carbocycles. The van der Waals surface area contributed by atoms with Crippen molar-refractivity contribution in [1.29, 1.82) is 0 Å². The van der Waals surface area contributed by atoms with Gasteiger partial charge in [0.2, 0.25) is 0 Å². The monoisotopic (exact) mass is 407 g/mol. The molecule has 0 aliphatic rings. The van der Waals surface area contributed by atoms with E-state index in [4.69, 9.17) is 4.74 Å². The van der Waals surface area contributed by atoms with Gasteiger partial charge in [0, 0.05) is 4.47 Å². The smallest absolute Gasteiger partial charge is 0.339 e. The molecule has 2 aromatic carbocycles. The van der Waals surface area contributed by atoms with Crippen LogP contribution < -0.4 is 5.32 Å². The normalized spacial score (nSPS) is 11.7. The van der Waals surface area contributed by atoms with Gasteiger partial charge in [0.15, 0.2) is 6.61 Å². The Morgan fingerprint density at radius 2 is 1.88 bits per heavy atom. The SMILES string of the molecule is Cc1ccc(C(C)NC(=O)COC(=O)c2ccc(F)cc2Br)cc1C. The van der Waals surface area contributed by atoms with Crippen molar-refractivity contribution in [3.63, 3.8) is 0 Å². The molecule has 0 spiro atoms. The summed E-state index contributed by atoms with van der Waals surface area (Å²) in [5.41, 5.74) is 3.47. The third-order valence-corrected chi connectivity index (χ3v) is 4.55. The number of amides is 1. The second kappa shape index (κ2) is 8.25. The van der Waals surface area contributed by atoms with Gasteiger partial charge >= 0.3 is 5.97 Å². The lowest BCUT2D eigenvalue weighted by molar-refractivity contribution is -0.124. The van der Waals surface area contributed by atoms with E-state index in [0.29, 0.717) is 0 Å². The van der Waals surface area contributed by atoms with Gasteiger partial charge in [-0.1, -0.05) is 18.2 Å². The number of ether oxygens (including phenoxy) is 1. The standard InChI is InChI=1S/C19H19BrFNO3/c1-11-4-5-14(8-12(11)2)13(3)22-18(23)10-25-19(24)16-7-6-15(21)9-17(16)20/h4-9,13H,10H2,1-3H3,(H,22,23). The number of carbonyl (C=O) groups excluding carboxylic acids is 2. The third-order valence-electron chi connectivity index (χ3n) is 3.89. The predicted molar refractivity (Wildman–Crippen MR) is 96.9 cm³/mol. The first-order valence-electron chi connectivity index (χ1n) is 7.76. The van der Waals surface area contributed by atoms with Crippen molar-refractivity contribution in [3.05, 3.63) is 68.9 Å². The second-order valence-corrected chi connectivity index (χ2v) is 6.69. The van der Waals surface area contributed by atoms with E-state index in [0.717, 1.165) is 17.2 Å². The van der Waals surface area contributed by atoms with Crippen LogP contribution in [0.2, 0.25) is 0 Å². The van der Waals surface area contributed by atoms with Gasteiger partial charge in [-0.15, -0.1) is 0 Å². The van der Waals surface area contributed by atoms with E-state index in [1.165, 1.54) is 17.7 Å². The molecule has 0 radical (unpaired) electrons. The summed E-state index contributed by atoms with van der Waals surface area (Å²) in [7, 11) is 0. The summed E-state index contributed by atoms with van der Waals surface area (Å²) in [5.74, 6) is -1.57. The van der Waals surface area contributed by atoms with Gasteiger partial charge in [0.1, 0.15) is 5.82 Å². The summed E-state index contributed by atoms with van der Waals surface area (Å²) < 4.78 is 18.3. The molecule has 25 heavy (non-hydrogen) atoms. The van der Waals surface area contributed by atoms with Crippen LogP contribution in [0.3, 0.4) is 0 Å². The number of benzene rings is 2. The van der Waals surface area contributed by atoms with Crippen molar-refractivity contribution >= 4 is 27.8 Å². The zero-order chi connectivity index (χ0) is 18.6. The summed E-state index contributed by atoms with van der Waals surface area (Å²) >= 11 is 3.10. The highest BCUT2D eigenvalue weighted by molar-refractivity contribution is 9.10. The molecule has 0 aliphatic heterocycles. The molecule has 0 heterocycles. The van der Waals surface area contributed by atoms with Crippen LogP contribution in [0.25, 0.3) is 0 Å². The number of aryl methyl sites for hydroxylation is 2. The van der Waals surface area contributed by atoms with Gasteiger partial charge < -0.3 is 10.1 Å². The molecule has 0 aliphatic carbocycles. The van der Waals surface area contributed by atoms with Crippen molar-refractivity contribution in [3.8, 4) is 0 Å². The zero-order valence-corrected chi connectivity index (χ0v) is 15.8. The van der Waals surface area contributed by atoms with Crippen LogP contribution in [0.4, 0.5) is 4.39 Å². The Balaban J connectivity index is 1.91. The molecule has 1 atom stereocenters. The fourth-order valence-corrected chi connectivity index (χ4v) is 2.78. The molecule has 0 saturated heterocycles. The number of carbonyl (C=O) groups is 2. The Hall–Kier alpha value is -2.21. The third kappa shape index (κ3) is 5.13. The first kappa shape index (κ1) is 19.1. The largest absolute Gasteiger partial charge is 0.452 e. The summed E-state index contributed by atoms with van der Waals surface area (Å²) in [6, 6.07) is 9.39. The first-order chi connectivity index (χ1) is 11.8. The average molecular weight is 408 g/mol. The van der Waals surface area contributed by atoms with Gasteiger partial charge in [-0.2, -0.15) is 0 Å². The Morgan fingerprint density at radius 3 is 2.52 bits per heavy atom. The molecule has 1 amide bonds. The van der Waals surface area contributed by atoms with Gasteiger partial charge in [-0.25, -0.2) is 9.18 Å². The van der Waals surface area contributed by atoms with Crippen molar-refractivity contribution < 1.29 is 18.7 Å². The number of esters is 1. The molecular formula is C19H19BrFNO3. The van der Waals surface area contributed by atoms with Crippen LogP contribution in [0.1, 0.15) is 40.0 Å². The lowest BCUT2D eigenvalue weighted by Gasteiger charge is -2.16. The number of nitrogens with one attached hydrogen (secondary N) is 1. The van der Waals surface area contributed by atoms with Gasteiger partial charge in [-0.3, -0.25) is 4.79 Å². The van der Waals surface area contributed by atoms with Crippen LogP contribution in [-0.4, -0.2) is 18.5 Å². The van der Waals surface area contributed by atoms with Gasteiger partial charge in [0.05, 0.1) is 11.6 Å². The second-order valence-electron chi connectivity index (χ2n) is 5.83. The lowest BCUT2D eigenvalue weighted by Crippen LogP contribution is -2.31. The number of hydrogen-bond acceptors (Lipinski definition) is 3. The maximum absolute atomic E-state index is 13.0. The highest BCUT2D eigenvalue weighted by atomic mass is 79.9. The van der Waals surface area contributed by atoms with Crippen LogP contribution in [0.5, 0.6) is 0 Å². The minimum atomic E-state index is -0.694. The molecule has 1 unspecified atom stereocenters. The van der Waals surface area contributed by atoms with Crippen LogP contribution in [0.15, 0.2) is 40.9 Å². The van der Waals surface area contributed by atoms with E-state index in [2.05, 4.69) is 21.2 Å². The minimum absolute atomic E-state index is 0.163. The Morgan fingerprint density at radius 1 is 1.16 bits per heavy atom. The summed E-state index contributed by atoms with van der Waals surface area (Å²) in [4.78, 5) is 24.0. The molecule has 6 heteroatoms. The van der Waals surface area contributed by atoms with E-state index in [9.17, 15) is 14.0 Å². The van der Waals surface area contributed by atoms with E-state index in [-0.39, 0.29) is 16.1 Å². The summed E-state index contributed by atoms with van der Waals surface area (Å²) in [5, 5.41) is 2.79. The average Bonchev–Trinajstić information content (AvgIpc) is 2.55. The first-order valence-corrected chi connectivity index (χ1v) is 8.56. The van der Waals surface area contributed by atoms with Crippen LogP contribution in [0, 0.1) is 19.7 Å². The lowest BCUT2D eigenvalue weighted by atomic mass is 10.0. The maximum atomic E-state index is 13.0. The van der Waals surface area contributed by atoms with E-state index in [1.54, 1.807) is 0 Å². The molecular weight excluding hydrogens is 389 g/mol. The van der Waals surface area contributed by atoms with E-state index >= 15 is 0 Å². The molecule has 0 fully saturated rings. The number of halogens is 2. The van der Waals surface area contributed by atoms with Gasteiger partial charge in [0.25, 0.3) is 5.91 Å². The number of rotatable bonds is 5. The Bertz CT molecular complexity index is 807. The quantitative estimate of drug-likeness (QED) is 0.754. The topological polar surface area (TPSA) is 55.4 Å². The van der Waals surface area contributed by atoms with Crippen molar-refractivity contribution in [1.82, 2.24) is 5.32 Å². The fourth-order valence-electron chi connectivity index (χ4n) is 2.26. The predicted octanol–water partition coefficient (Wildman–Crippen LogP) is 4.24. The highest BCUT2D eigenvalue weighted by Crippen LogP contribution is 2.19. The molecule has 2 aromatic rings. The maximum Gasteiger partial charge on any atom is 0.339 e. The molecule has 132 valence electrons. The minimum Gasteiger partial charge on any atom is -0.452 e. The Kier molecular flexibility index (Phi) is 6.31. The summed E-state index contributed by atoms with van der Waals surface area (Å²) in [6.45, 7) is 5.49. The number of hydrogen-bond donors (Lipinski definition) is 1. The van der Waals surface area contributed by atoms with E-state index < -0.39 is 24.3 Å². The van der Waals surface area contributed by atoms with Crippen LogP contribution >= 0.6 is 15.9 Å². The van der Waals surface area contributed by atoms with Crippen molar-refractivity contribution in [2.75, 3.05) is 6.61 Å². The van der Waals surface area contributed by atoms with Crippen molar-refractivity contribution in [2.45, 2.75) is 26.8 Å². The van der Waals surface area contributed by atoms with Crippen LogP contribution in [-0.2, 0) is 9.53 Å². The van der Waals surface area contributed by atoms with Crippen molar-refractivity contribution in [2.24, 2.45) is 0 Å². The molecule has 1 N–H and O–H groups in total. The fraction of sp³-hybridized carbons (Fsp3) is 0.263. The Labute approximate surface area is 154 Å². The summed E-state index contributed by atoms with van der Waals surface area (Å²) in [6.07, 6.45) is 0. The molecule has 2 rings (SSSR count). The van der Waals surface area contributed by atoms with E-state index in [1.807, 2.05) is 39.0 Å².